The van der Waals surface area contributed by atoms with Gasteiger partial charge in [-0.3, -0.25) is 14.4 Å². The number of hydrogen-bond acceptors (Lipinski definition) is 4. The van der Waals surface area contributed by atoms with E-state index in [0.717, 1.165) is 5.69 Å². The summed E-state index contributed by atoms with van der Waals surface area (Å²) in [6.07, 6.45) is 1.14. The van der Waals surface area contributed by atoms with Crippen LogP contribution in [0, 0.1) is 5.92 Å². The summed E-state index contributed by atoms with van der Waals surface area (Å²) >= 11 is 0. The maximum absolute atomic E-state index is 12.8. The minimum absolute atomic E-state index is 0.0319. The number of nitrogens with one attached hydrogen (secondary N) is 1. The number of benzene rings is 2. The standard InChI is InChI=1S/C22H20N2O4/c25-18-14-20(28-19-9-5-4-8-17(18)19)22(27)24-12-10-15(11-13-24)21(26)23-16-6-2-1-3-7-16/h1-9,14-15H,10-13H2,(H,23,26). The topological polar surface area (TPSA) is 79.6 Å². The van der Waals surface area contributed by atoms with E-state index in [1.54, 1.807) is 29.2 Å². The van der Waals surface area contributed by atoms with Crippen molar-refractivity contribution in [3.8, 4) is 0 Å². The number of hydrogen-bond donors (Lipinski definition) is 1. The SMILES string of the molecule is O=C(Nc1ccccc1)C1CCN(C(=O)c2cc(=O)c3ccccc3o2)CC1. The van der Waals surface area contributed by atoms with E-state index in [1.165, 1.54) is 6.07 Å². The Kier molecular flexibility index (Phi) is 4.93. The molecule has 1 aliphatic heterocycles. The Morgan fingerprint density at radius 1 is 0.964 bits per heavy atom. The van der Waals surface area contributed by atoms with Crippen LogP contribution in [0.3, 0.4) is 0 Å². The Hall–Kier alpha value is -3.41. The predicted molar refractivity (Wildman–Crippen MR) is 106 cm³/mol. The molecule has 1 N–H and O–H groups in total. The van der Waals surface area contributed by atoms with Gasteiger partial charge in [0.1, 0.15) is 5.58 Å². The van der Waals surface area contributed by atoms with Gasteiger partial charge in [-0.15, -0.1) is 0 Å². The number of piperidine rings is 1. The monoisotopic (exact) mass is 376 g/mol. The zero-order valence-electron chi connectivity index (χ0n) is 15.3. The molecule has 2 aromatic carbocycles. The second-order valence-corrected chi connectivity index (χ2v) is 6.89. The molecule has 1 aliphatic rings. The first-order chi connectivity index (χ1) is 13.6. The van der Waals surface area contributed by atoms with Crippen LogP contribution < -0.4 is 10.7 Å². The van der Waals surface area contributed by atoms with E-state index in [9.17, 15) is 14.4 Å². The van der Waals surface area contributed by atoms with Gasteiger partial charge in [0.15, 0.2) is 11.2 Å². The molecule has 0 saturated carbocycles. The number of amides is 2. The second-order valence-electron chi connectivity index (χ2n) is 6.89. The van der Waals surface area contributed by atoms with Gasteiger partial charge in [-0.2, -0.15) is 0 Å². The van der Waals surface area contributed by atoms with Crippen LogP contribution in [-0.2, 0) is 4.79 Å². The normalized spacial score (nSPS) is 14.8. The molecule has 28 heavy (non-hydrogen) atoms. The fourth-order valence-corrected chi connectivity index (χ4v) is 3.48. The van der Waals surface area contributed by atoms with Crippen LogP contribution in [-0.4, -0.2) is 29.8 Å². The molecule has 1 saturated heterocycles. The van der Waals surface area contributed by atoms with Crippen LogP contribution in [0.1, 0.15) is 23.4 Å². The van der Waals surface area contributed by atoms with Crippen molar-refractivity contribution in [2.45, 2.75) is 12.8 Å². The minimum atomic E-state index is -0.315. The zero-order valence-corrected chi connectivity index (χ0v) is 15.3. The maximum atomic E-state index is 12.8. The Morgan fingerprint density at radius 2 is 1.64 bits per heavy atom. The van der Waals surface area contributed by atoms with E-state index in [4.69, 9.17) is 4.42 Å². The summed E-state index contributed by atoms with van der Waals surface area (Å²) in [7, 11) is 0. The molecule has 0 unspecified atom stereocenters. The van der Waals surface area contributed by atoms with Gasteiger partial charge in [-0.25, -0.2) is 0 Å². The van der Waals surface area contributed by atoms with Crippen LogP contribution >= 0.6 is 0 Å². The molecule has 0 radical (unpaired) electrons. The molecule has 0 spiro atoms. The summed E-state index contributed by atoms with van der Waals surface area (Å²) in [6, 6.07) is 17.4. The molecule has 1 aromatic heterocycles. The van der Waals surface area contributed by atoms with E-state index >= 15 is 0 Å². The van der Waals surface area contributed by atoms with Crippen molar-refractivity contribution in [3.63, 3.8) is 0 Å². The van der Waals surface area contributed by atoms with Crippen molar-refractivity contribution in [2.24, 2.45) is 5.92 Å². The van der Waals surface area contributed by atoms with Gasteiger partial charge in [0.2, 0.25) is 5.91 Å². The maximum Gasteiger partial charge on any atom is 0.289 e. The predicted octanol–water partition coefficient (Wildman–Crippen LogP) is 3.28. The molecule has 0 bridgehead atoms. The van der Waals surface area contributed by atoms with Crippen LogP contribution in [0.2, 0.25) is 0 Å². The first kappa shape index (κ1) is 18.0. The highest BCUT2D eigenvalue weighted by Crippen LogP contribution is 2.22. The van der Waals surface area contributed by atoms with Crippen molar-refractivity contribution in [1.29, 1.82) is 0 Å². The number of rotatable bonds is 3. The first-order valence-corrected chi connectivity index (χ1v) is 9.30. The molecule has 6 nitrogen and oxygen atoms in total. The largest absolute Gasteiger partial charge is 0.451 e. The van der Waals surface area contributed by atoms with Gasteiger partial charge in [-0.1, -0.05) is 30.3 Å². The Labute approximate surface area is 161 Å². The molecule has 6 heteroatoms. The third-order valence-electron chi connectivity index (χ3n) is 5.04. The fourth-order valence-electron chi connectivity index (χ4n) is 3.48. The number of anilines is 1. The highest BCUT2D eigenvalue weighted by Gasteiger charge is 2.29. The highest BCUT2D eigenvalue weighted by atomic mass is 16.3. The highest BCUT2D eigenvalue weighted by molar-refractivity contribution is 5.94. The summed E-state index contributed by atoms with van der Waals surface area (Å²) < 4.78 is 5.64. The van der Waals surface area contributed by atoms with Crippen molar-refractivity contribution in [3.05, 3.63) is 76.6 Å². The summed E-state index contributed by atoms with van der Waals surface area (Å²) in [5, 5.41) is 3.37. The van der Waals surface area contributed by atoms with Crippen molar-refractivity contribution < 1.29 is 14.0 Å². The van der Waals surface area contributed by atoms with E-state index in [-0.39, 0.29) is 28.9 Å². The van der Waals surface area contributed by atoms with Crippen molar-refractivity contribution >= 4 is 28.5 Å². The van der Waals surface area contributed by atoms with Gasteiger partial charge in [-0.05, 0) is 37.1 Å². The second kappa shape index (κ2) is 7.68. The molecule has 2 heterocycles. The van der Waals surface area contributed by atoms with Gasteiger partial charge >= 0.3 is 0 Å². The van der Waals surface area contributed by atoms with E-state index < -0.39 is 0 Å². The van der Waals surface area contributed by atoms with E-state index in [1.807, 2.05) is 30.3 Å². The van der Waals surface area contributed by atoms with Gasteiger partial charge in [0, 0.05) is 30.8 Å². The Balaban J connectivity index is 1.41. The average molecular weight is 376 g/mol. The zero-order chi connectivity index (χ0) is 19.5. The van der Waals surface area contributed by atoms with Crippen molar-refractivity contribution in [2.75, 3.05) is 18.4 Å². The van der Waals surface area contributed by atoms with Gasteiger partial charge in [0.05, 0.1) is 5.39 Å². The smallest absolute Gasteiger partial charge is 0.289 e. The number of fused-ring (bicyclic) bond motifs is 1. The third kappa shape index (κ3) is 3.67. The lowest BCUT2D eigenvalue weighted by atomic mass is 9.95. The van der Waals surface area contributed by atoms with Gasteiger partial charge < -0.3 is 14.6 Å². The molecule has 3 aromatic rings. The number of nitrogens with zero attached hydrogens (tertiary/aromatic N) is 1. The fraction of sp³-hybridized carbons (Fsp3) is 0.227. The third-order valence-corrected chi connectivity index (χ3v) is 5.04. The van der Waals surface area contributed by atoms with Crippen LogP contribution in [0.25, 0.3) is 11.0 Å². The molecule has 0 aliphatic carbocycles. The lowest BCUT2D eigenvalue weighted by Crippen LogP contribution is -2.41. The molecular weight excluding hydrogens is 356 g/mol. The molecule has 1 fully saturated rings. The van der Waals surface area contributed by atoms with Crippen LogP contribution in [0.5, 0.6) is 0 Å². The Bertz CT molecular complexity index is 1070. The lowest BCUT2D eigenvalue weighted by molar-refractivity contribution is -0.121. The minimum Gasteiger partial charge on any atom is -0.451 e. The molecule has 4 rings (SSSR count). The van der Waals surface area contributed by atoms with Crippen molar-refractivity contribution in [1.82, 2.24) is 4.90 Å². The number of carbonyl (C=O) groups excluding carboxylic acids is 2. The lowest BCUT2D eigenvalue weighted by Gasteiger charge is -2.31. The Morgan fingerprint density at radius 3 is 2.39 bits per heavy atom. The first-order valence-electron chi connectivity index (χ1n) is 9.30. The number of carbonyl (C=O) groups is 2. The summed E-state index contributed by atoms with van der Waals surface area (Å²) in [6.45, 7) is 0.893. The van der Waals surface area contributed by atoms with E-state index in [0.29, 0.717) is 36.9 Å². The molecular formula is C22H20N2O4. The van der Waals surface area contributed by atoms with E-state index in [2.05, 4.69) is 5.32 Å². The van der Waals surface area contributed by atoms with Crippen LogP contribution in [0.15, 0.2) is 69.9 Å². The summed E-state index contributed by atoms with van der Waals surface area (Å²) in [5.74, 6) is -0.455. The number of likely N-dealkylation sites (tertiary alicyclic amines) is 1. The molecule has 0 atom stereocenters. The molecule has 2 amide bonds. The van der Waals surface area contributed by atoms with Crippen LogP contribution in [0.4, 0.5) is 5.69 Å². The number of para-hydroxylation sites is 2. The summed E-state index contributed by atoms with van der Waals surface area (Å²) in [4.78, 5) is 39.0. The quantitative estimate of drug-likeness (QED) is 0.761. The molecule has 142 valence electrons. The average Bonchev–Trinajstić information content (AvgIpc) is 2.74. The summed E-state index contributed by atoms with van der Waals surface area (Å²) in [5.41, 5.74) is 0.932. The van der Waals surface area contributed by atoms with Gasteiger partial charge in [0.25, 0.3) is 5.91 Å².